The third-order valence-electron chi connectivity index (χ3n) is 5.08. The summed E-state index contributed by atoms with van der Waals surface area (Å²) in [7, 11) is 1.58. The van der Waals surface area contributed by atoms with Crippen molar-refractivity contribution < 1.29 is 14.3 Å². The van der Waals surface area contributed by atoms with Crippen LogP contribution in [0.3, 0.4) is 0 Å². The van der Waals surface area contributed by atoms with E-state index in [1.165, 1.54) is 41.3 Å². The fourth-order valence-corrected chi connectivity index (χ4v) is 4.19. The van der Waals surface area contributed by atoms with E-state index in [2.05, 4.69) is 22.4 Å². The van der Waals surface area contributed by atoms with E-state index in [4.69, 9.17) is 9.47 Å². The number of carbonyl (C=O) groups is 1. The maximum atomic E-state index is 12.6. The Morgan fingerprint density at radius 1 is 1.21 bits per heavy atom. The van der Waals surface area contributed by atoms with Gasteiger partial charge in [0.1, 0.15) is 11.4 Å². The highest BCUT2D eigenvalue weighted by Gasteiger charge is 2.11. The monoisotopic (exact) mass is 470 g/mol. The summed E-state index contributed by atoms with van der Waals surface area (Å²) in [6.45, 7) is 4.68. The van der Waals surface area contributed by atoms with Crippen molar-refractivity contribution in [1.29, 1.82) is 0 Å². The van der Waals surface area contributed by atoms with Crippen molar-refractivity contribution >= 4 is 33.7 Å². The van der Waals surface area contributed by atoms with Gasteiger partial charge in [0.2, 0.25) is 0 Å². The molecule has 1 N–H and O–H groups in total. The molecule has 33 heavy (non-hydrogen) atoms. The molecule has 8 nitrogen and oxygen atoms in total. The molecule has 0 saturated heterocycles. The van der Waals surface area contributed by atoms with E-state index < -0.39 is 5.91 Å². The number of amides is 1. The first-order chi connectivity index (χ1) is 16.0. The number of hydrazone groups is 1. The van der Waals surface area contributed by atoms with E-state index in [0.717, 1.165) is 29.7 Å². The van der Waals surface area contributed by atoms with Crippen LogP contribution < -0.4 is 20.5 Å². The average Bonchev–Trinajstić information content (AvgIpc) is 3.26. The zero-order chi connectivity index (χ0) is 23.6. The number of aryl methyl sites for hydroxylation is 1. The minimum Gasteiger partial charge on any atom is -0.493 e. The second-order valence-corrected chi connectivity index (χ2v) is 8.69. The van der Waals surface area contributed by atoms with Gasteiger partial charge in [-0.15, -0.1) is 11.3 Å². The van der Waals surface area contributed by atoms with Gasteiger partial charge >= 0.3 is 0 Å². The minimum absolute atomic E-state index is 0.162. The fourth-order valence-electron chi connectivity index (χ4n) is 3.26. The molecule has 2 aromatic heterocycles. The molecule has 3 aromatic rings. The molecule has 9 heteroatoms. The molecule has 176 valence electrons. The van der Waals surface area contributed by atoms with E-state index in [9.17, 15) is 9.59 Å². The van der Waals surface area contributed by atoms with E-state index in [-0.39, 0.29) is 12.1 Å². The number of aromatic nitrogens is 2. The van der Waals surface area contributed by atoms with Crippen LogP contribution >= 0.6 is 11.3 Å². The molecule has 0 fully saturated rings. The quantitative estimate of drug-likeness (QED) is 0.244. The van der Waals surface area contributed by atoms with Gasteiger partial charge in [0.25, 0.3) is 11.5 Å². The molecule has 0 aliphatic heterocycles. The predicted molar refractivity (Wildman–Crippen MR) is 132 cm³/mol. The highest BCUT2D eigenvalue weighted by molar-refractivity contribution is 7.18. The molecule has 1 amide bonds. The zero-order valence-corrected chi connectivity index (χ0v) is 20.1. The number of unbranched alkanes of at least 4 members (excludes halogenated alkanes) is 3. The third-order valence-corrected chi connectivity index (χ3v) is 6.26. The van der Waals surface area contributed by atoms with Gasteiger partial charge in [-0.3, -0.25) is 14.2 Å². The molecular weight excluding hydrogens is 440 g/mol. The van der Waals surface area contributed by atoms with Crippen LogP contribution in [0.25, 0.3) is 10.2 Å². The Morgan fingerprint density at radius 2 is 2.06 bits per heavy atom. The number of nitrogens with zero attached hydrogens (tertiary/aromatic N) is 3. The number of ether oxygens (including phenoxy) is 2. The molecule has 0 radical (unpaired) electrons. The summed E-state index contributed by atoms with van der Waals surface area (Å²) < 4.78 is 12.5. The van der Waals surface area contributed by atoms with Gasteiger partial charge in [-0.1, -0.05) is 33.1 Å². The molecule has 2 heterocycles. The van der Waals surface area contributed by atoms with Gasteiger partial charge < -0.3 is 9.47 Å². The maximum Gasteiger partial charge on any atom is 0.262 e. The Balaban J connectivity index is 1.57. The molecule has 0 atom stereocenters. The smallest absolute Gasteiger partial charge is 0.262 e. The van der Waals surface area contributed by atoms with Crippen LogP contribution in [0.15, 0.2) is 40.5 Å². The summed E-state index contributed by atoms with van der Waals surface area (Å²) in [5.74, 6) is 0.866. The number of hydrogen-bond acceptors (Lipinski definition) is 7. The number of carbonyl (C=O) groups excluding carboxylic acids is 1. The first kappa shape index (κ1) is 24.4. The fraction of sp³-hybridized carbons (Fsp3) is 0.417. The SMILES string of the molecule is CCCCCCOc1ccc(/C=N/NC(=O)Cn2cnc3sc(CC)cc3c2=O)cc1OC. The molecule has 0 aliphatic carbocycles. The Hall–Kier alpha value is -3.20. The van der Waals surface area contributed by atoms with E-state index in [1.54, 1.807) is 13.2 Å². The van der Waals surface area contributed by atoms with Crippen molar-refractivity contribution in [3.05, 3.63) is 51.4 Å². The summed E-state index contributed by atoms with van der Waals surface area (Å²) in [6, 6.07) is 7.30. The van der Waals surface area contributed by atoms with Crippen LogP contribution in [-0.4, -0.2) is 35.4 Å². The summed E-state index contributed by atoms with van der Waals surface area (Å²) in [5.41, 5.74) is 2.97. The molecule has 0 aliphatic rings. The molecule has 1 aromatic carbocycles. The molecule has 0 saturated carbocycles. The topological polar surface area (TPSA) is 94.8 Å². The molecule has 0 unspecified atom stereocenters. The zero-order valence-electron chi connectivity index (χ0n) is 19.3. The van der Waals surface area contributed by atoms with Crippen LogP contribution in [0.4, 0.5) is 0 Å². The highest BCUT2D eigenvalue weighted by Crippen LogP contribution is 2.27. The van der Waals surface area contributed by atoms with Crippen molar-refractivity contribution in [3.63, 3.8) is 0 Å². The normalized spacial score (nSPS) is 11.2. The lowest BCUT2D eigenvalue weighted by Crippen LogP contribution is -2.29. The molecule has 0 spiro atoms. The van der Waals surface area contributed by atoms with Crippen molar-refractivity contribution in [2.24, 2.45) is 5.10 Å². The first-order valence-corrected chi connectivity index (χ1v) is 12.0. The van der Waals surface area contributed by atoms with Gasteiger partial charge in [0.05, 0.1) is 31.6 Å². The number of rotatable bonds is 12. The van der Waals surface area contributed by atoms with Crippen molar-refractivity contribution in [2.45, 2.75) is 52.5 Å². The Morgan fingerprint density at radius 3 is 2.82 bits per heavy atom. The lowest BCUT2D eigenvalue weighted by molar-refractivity contribution is -0.121. The third kappa shape index (κ3) is 6.64. The summed E-state index contributed by atoms with van der Waals surface area (Å²) in [6.07, 6.45) is 8.29. The second-order valence-electron chi connectivity index (χ2n) is 7.58. The highest BCUT2D eigenvalue weighted by atomic mass is 32.1. The summed E-state index contributed by atoms with van der Waals surface area (Å²) >= 11 is 1.49. The van der Waals surface area contributed by atoms with Crippen molar-refractivity contribution in [2.75, 3.05) is 13.7 Å². The second kappa shape index (κ2) is 12.2. The van der Waals surface area contributed by atoms with Crippen molar-refractivity contribution in [3.8, 4) is 11.5 Å². The van der Waals surface area contributed by atoms with Crippen LogP contribution in [0.2, 0.25) is 0 Å². The molecular formula is C24H30N4O4S. The van der Waals surface area contributed by atoms with Crippen molar-refractivity contribution in [1.82, 2.24) is 15.0 Å². The van der Waals surface area contributed by atoms with E-state index >= 15 is 0 Å². The van der Waals surface area contributed by atoms with Gasteiger partial charge in [-0.2, -0.15) is 5.10 Å². The average molecular weight is 471 g/mol. The van der Waals surface area contributed by atoms with Gasteiger partial charge in [-0.25, -0.2) is 10.4 Å². The van der Waals surface area contributed by atoms with Gasteiger partial charge in [0, 0.05) is 4.88 Å². The minimum atomic E-state index is -0.417. The predicted octanol–water partition coefficient (Wildman–Crippen LogP) is 4.14. The lowest BCUT2D eigenvalue weighted by atomic mass is 10.2. The summed E-state index contributed by atoms with van der Waals surface area (Å²) in [4.78, 5) is 30.9. The Labute approximate surface area is 197 Å². The number of benzene rings is 1. The van der Waals surface area contributed by atoms with Crippen LogP contribution in [-0.2, 0) is 17.8 Å². The Kier molecular flexibility index (Phi) is 9.00. The largest absolute Gasteiger partial charge is 0.493 e. The number of methoxy groups -OCH3 is 1. The number of thiophene rings is 1. The van der Waals surface area contributed by atoms with Gasteiger partial charge in [-0.05, 0) is 42.7 Å². The van der Waals surface area contributed by atoms with E-state index in [0.29, 0.717) is 28.3 Å². The molecule has 3 rings (SSSR count). The van der Waals surface area contributed by atoms with Crippen LogP contribution in [0, 0.1) is 0 Å². The van der Waals surface area contributed by atoms with E-state index in [1.807, 2.05) is 25.1 Å². The Bertz CT molecular complexity index is 1170. The number of fused-ring (bicyclic) bond motifs is 1. The molecule has 0 bridgehead atoms. The van der Waals surface area contributed by atoms with Crippen LogP contribution in [0.1, 0.15) is 50.0 Å². The first-order valence-electron chi connectivity index (χ1n) is 11.2. The number of hydrogen-bond donors (Lipinski definition) is 1. The van der Waals surface area contributed by atoms with Gasteiger partial charge in [0.15, 0.2) is 11.5 Å². The van der Waals surface area contributed by atoms with Crippen LogP contribution in [0.5, 0.6) is 11.5 Å². The maximum absolute atomic E-state index is 12.6. The number of nitrogens with one attached hydrogen (secondary N) is 1. The summed E-state index contributed by atoms with van der Waals surface area (Å²) in [5, 5.41) is 4.53. The lowest BCUT2D eigenvalue weighted by Gasteiger charge is -2.11. The standard InChI is InChI=1S/C24H30N4O4S/c1-4-6-7-8-11-32-20-10-9-17(12-21(20)31-3)14-26-27-22(29)15-28-16-25-23-19(24(28)30)13-18(5-2)33-23/h9-10,12-14,16H,4-8,11,15H2,1-3H3,(H,27,29)/b26-14+.